The molecule has 1 aromatic carbocycles. The number of likely N-dealkylation sites (tertiary alicyclic amines) is 1. The minimum absolute atomic E-state index is 0.0151. The summed E-state index contributed by atoms with van der Waals surface area (Å²) in [5.41, 5.74) is 0.510. The minimum atomic E-state index is -0.686. The maximum absolute atomic E-state index is 13.3. The number of fused-ring (bicyclic) bond motifs is 1. The van der Waals surface area contributed by atoms with E-state index in [0.717, 1.165) is 50.7 Å². The Morgan fingerprint density at radius 3 is 2.44 bits per heavy atom. The van der Waals surface area contributed by atoms with Crippen LogP contribution in [0.1, 0.15) is 63.4 Å². The number of nitrogens with zero attached hydrogens (tertiary/aromatic N) is 3. The van der Waals surface area contributed by atoms with Crippen molar-refractivity contribution >= 4 is 28.6 Å². The maximum atomic E-state index is 13.3. The summed E-state index contributed by atoms with van der Waals surface area (Å²) in [5, 5.41) is 11.1. The molecule has 1 aromatic heterocycles. The van der Waals surface area contributed by atoms with Crippen LogP contribution in [0.15, 0.2) is 24.3 Å². The Balaban J connectivity index is 1.56. The van der Waals surface area contributed by atoms with Gasteiger partial charge in [-0.15, -0.1) is 0 Å². The minimum Gasteiger partial charge on any atom is -0.352 e. The molecule has 2 fully saturated rings. The van der Waals surface area contributed by atoms with Gasteiger partial charge in [0.1, 0.15) is 12.6 Å². The van der Waals surface area contributed by atoms with Crippen molar-refractivity contribution in [2.24, 2.45) is 5.41 Å². The number of aromatic nitrogens is 2. The highest BCUT2D eigenvalue weighted by Gasteiger charge is 2.36. The monoisotopic (exact) mass is 439 g/mol. The first-order chi connectivity index (χ1) is 15.2. The van der Waals surface area contributed by atoms with Crippen molar-refractivity contribution in [1.29, 1.82) is 0 Å². The van der Waals surface area contributed by atoms with E-state index in [4.69, 9.17) is 0 Å². The predicted molar refractivity (Wildman–Crippen MR) is 122 cm³/mol. The largest absolute Gasteiger partial charge is 0.352 e. The number of carbonyl (C=O) groups excluding carboxylic acids is 3. The number of nitrogens with one attached hydrogen (secondary N) is 2. The molecule has 172 valence electrons. The molecule has 0 unspecified atom stereocenters. The second kappa shape index (κ2) is 8.92. The van der Waals surface area contributed by atoms with Crippen LogP contribution in [0.25, 0.3) is 10.9 Å². The highest BCUT2D eigenvalue weighted by Crippen LogP contribution is 2.25. The summed E-state index contributed by atoms with van der Waals surface area (Å²) in [6, 6.07) is 6.94. The topological polar surface area (TPSA) is 96.3 Å². The van der Waals surface area contributed by atoms with Gasteiger partial charge in [0, 0.05) is 24.5 Å². The third-order valence-corrected chi connectivity index (χ3v) is 6.19. The van der Waals surface area contributed by atoms with Crippen LogP contribution in [0.4, 0.5) is 0 Å². The standard InChI is InChI=1S/C24H33N5O3/c1-24(2,3)21(23(32)25-16-11-12-16)26-22(31)20-17-9-5-6-10-18(17)29(27-20)15-19(30)28-13-7-4-8-14-28/h5-6,9-10,16,21H,4,7-8,11-15H2,1-3H3,(H,25,32)(H,26,31)/t21-/m1/s1. The molecule has 0 radical (unpaired) electrons. The molecule has 2 N–H and O–H groups in total. The molecule has 32 heavy (non-hydrogen) atoms. The molecular weight excluding hydrogens is 406 g/mol. The molecule has 2 aromatic rings. The summed E-state index contributed by atoms with van der Waals surface area (Å²) < 4.78 is 1.61. The molecule has 1 saturated carbocycles. The van der Waals surface area contributed by atoms with Gasteiger partial charge in [-0.05, 0) is 43.6 Å². The van der Waals surface area contributed by atoms with Crippen LogP contribution < -0.4 is 10.6 Å². The Bertz CT molecular complexity index is 1010. The average Bonchev–Trinajstić information content (AvgIpc) is 3.51. The van der Waals surface area contributed by atoms with Crippen molar-refractivity contribution < 1.29 is 14.4 Å². The van der Waals surface area contributed by atoms with E-state index < -0.39 is 17.4 Å². The highest BCUT2D eigenvalue weighted by molar-refractivity contribution is 6.06. The third-order valence-electron chi connectivity index (χ3n) is 6.19. The van der Waals surface area contributed by atoms with Crippen molar-refractivity contribution in [3.63, 3.8) is 0 Å². The van der Waals surface area contributed by atoms with Gasteiger partial charge in [-0.1, -0.05) is 39.0 Å². The molecule has 4 rings (SSSR count). The summed E-state index contributed by atoms with van der Waals surface area (Å²) in [7, 11) is 0. The number of para-hydroxylation sites is 1. The zero-order valence-corrected chi connectivity index (χ0v) is 19.2. The molecule has 1 aliphatic heterocycles. The Morgan fingerprint density at radius 1 is 1.09 bits per heavy atom. The van der Waals surface area contributed by atoms with Crippen LogP contribution in [-0.4, -0.2) is 57.6 Å². The zero-order valence-electron chi connectivity index (χ0n) is 19.2. The molecule has 2 aliphatic rings. The lowest BCUT2D eigenvalue weighted by atomic mass is 9.86. The van der Waals surface area contributed by atoms with Gasteiger partial charge in [0.15, 0.2) is 5.69 Å². The van der Waals surface area contributed by atoms with E-state index in [1.54, 1.807) is 4.68 Å². The van der Waals surface area contributed by atoms with E-state index in [9.17, 15) is 14.4 Å². The first-order valence-corrected chi connectivity index (χ1v) is 11.6. The van der Waals surface area contributed by atoms with Crippen LogP contribution in [0.2, 0.25) is 0 Å². The fraction of sp³-hybridized carbons (Fsp3) is 0.583. The second-order valence-corrected chi connectivity index (χ2v) is 10.0. The van der Waals surface area contributed by atoms with Crippen LogP contribution in [-0.2, 0) is 16.1 Å². The number of carbonyl (C=O) groups is 3. The lowest BCUT2D eigenvalue weighted by Gasteiger charge is -2.30. The fourth-order valence-corrected chi connectivity index (χ4v) is 4.17. The molecule has 8 nitrogen and oxygen atoms in total. The van der Waals surface area contributed by atoms with E-state index >= 15 is 0 Å². The molecule has 2 heterocycles. The molecule has 3 amide bonds. The Labute approximate surface area is 188 Å². The van der Waals surface area contributed by atoms with Gasteiger partial charge in [-0.3, -0.25) is 19.1 Å². The average molecular weight is 440 g/mol. The molecular formula is C24H33N5O3. The molecule has 0 bridgehead atoms. The van der Waals surface area contributed by atoms with Gasteiger partial charge in [0.25, 0.3) is 5.91 Å². The van der Waals surface area contributed by atoms with Crippen molar-refractivity contribution in [2.75, 3.05) is 13.1 Å². The van der Waals surface area contributed by atoms with Crippen LogP contribution in [0.3, 0.4) is 0 Å². The quantitative estimate of drug-likeness (QED) is 0.723. The number of amides is 3. The second-order valence-electron chi connectivity index (χ2n) is 10.0. The highest BCUT2D eigenvalue weighted by atomic mass is 16.2. The van der Waals surface area contributed by atoms with Crippen molar-refractivity contribution in [2.45, 2.75) is 71.5 Å². The first kappa shape index (κ1) is 22.3. The van der Waals surface area contributed by atoms with Crippen LogP contribution in [0, 0.1) is 5.41 Å². The lowest BCUT2D eigenvalue weighted by molar-refractivity contribution is -0.132. The smallest absolute Gasteiger partial charge is 0.273 e. The van der Waals surface area contributed by atoms with Gasteiger partial charge >= 0.3 is 0 Å². The Morgan fingerprint density at radius 2 is 1.78 bits per heavy atom. The van der Waals surface area contributed by atoms with Crippen molar-refractivity contribution in [3.05, 3.63) is 30.0 Å². The summed E-state index contributed by atoms with van der Waals surface area (Å²) in [6.45, 7) is 7.43. The molecule has 8 heteroatoms. The van der Waals surface area contributed by atoms with Gasteiger partial charge < -0.3 is 15.5 Å². The van der Waals surface area contributed by atoms with E-state index in [1.807, 2.05) is 49.9 Å². The number of hydrogen-bond acceptors (Lipinski definition) is 4. The number of benzene rings is 1. The Hall–Kier alpha value is -2.90. The summed E-state index contributed by atoms with van der Waals surface area (Å²) in [4.78, 5) is 40.7. The summed E-state index contributed by atoms with van der Waals surface area (Å²) >= 11 is 0. The van der Waals surface area contributed by atoms with E-state index in [-0.39, 0.29) is 30.1 Å². The van der Waals surface area contributed by atoms with Crippen molar-refractivity contribution in [1.82, 2.24) is 25.3 Å². The van der Waals surface area contributed by atoms with Crippen LogP contribution in [0.5, 0.6) is 0 Å². The van der Waals surface area contributed by atoms with Crippen LogP contribution >= 0.6 is 0 Å². The molecule has 0 spiro atoms. The normalized spacial score (nSPS) is 17.8. The van der Waals surface area contributed by atoms with Gasteiger partial charge in [-0.2, -0.15) is 5.10 Å². The zero-order chi connectivity index (χ0) is 22.9. The fourth-order valence-electron chi connectivity index (χ4n) is 4.17. The lowest BCUT2D eigenvalue weighted by Crippen LogP contribution is -2.54. The Kier molecular flexibility index (Phi) is 6.22. The van der Waals surface area contributed by atoms with E-state index in [0.29, 0.717) is 5.39 Å². The van der Waals surface area contributed by atoms with E-state index in [1.165, 1.54) is 0 Å². The summed E-state index contributed by atoms with van der Waals surface area (Å²) in [6.07, 6.45) is 5.17. The summed E-state index contributed by atoms with van der Waals surface area (Å²) in [5.74, 6) is -0.560. The maximum Gasteiger partial charge on any atom is 0.273 e. The molecule has 1 saturated heterocycles. The van der Waals surface area contributed by atoms with E-state index in [2.05, 4.69) is 15.7 Å². The SMILES string of the molecule is CC(C)(C)[C@H](NC(=O)c1nn(CC(=O)N2CCCCC2)c2ccccc12)C(=O)NC1CC1. The predicted octanol–water partition coefficient (Wildman–Crippen LogP) is 2.47. The van der Waals surface area contributed by atoms with Gasteiger partial charge in [0.2, 0.25) is 11.8 Å². The number of piperidine rings is 1. The van der Waals surface area contributed by atoms with Gasteiger partial charge in [-0.25, -0.2) is 0 Å². The van der Waals surface area contributed by atoms with Crippen molar-refractivity contribution in [3.8, 4) is 0 Å². The number of hydrogen-bond donors (Lipinski definition) is 2. The number of rotatable bonds is 6. The third kappa shape index (κ3) is 4.95. The molecule has 1 atom stereocenters. The van der Waals surface area contributed by atoms with Gasteiger partial charge in [0.05, 0.1) is 5.52 Å². The first-order valence-electron chi connectivity index (χ1n) is 11.6. The molecule has 1 aliphatic carbocycles.